The first-order valence-electron chi connectivity index (χ1n) is 6.92. The van der Waals surface area contributed by atoms with Crippen molar-refractivity contribution in [2.45, 2.75) is 25.6 Å². The van der Waals surface area contributed by atoms with Crippen molar-refractivity contribution in [2.75, 3.05) is 38.8 Å². The number of hydrogen-bond donors (Lipinski definition) is 1. The lowest BCUT2D eigenvalue weighted by Crippen LogP contribution is -2.54. The van der Waals surface area contributed by atoms with E-state index in [0.29, 0.717) is 25.4 Å². The summed E-state index contributed by atoms with van der Waals surface area (Å²) in [7, 11) is 3.23. The van der Waals surface area contributed by atoms with Crippen LogP contribution >= 0.6 is 0 Å². The zero-order valence-electron chi connectivity index (χ0n) is 12.9. The first-order valence-corrected chi connectivity index (χ1v) is 6.92. The minimum Gasteiger partial charge on any atom is -0.382 e. The summed E-state index contributed by atoms with van der Waals surface area (Å²) in [5.74, 6) is 0.494. The molecule has 1 aromatic rings. The van der Waals surface area contributed by atoms with Crippen LogP contribution in [0.4, 0.5) is 5.82 Å². The quantitative estimate of drug-likeness (QED) is 0.870. The fourth-order valence-corrected chi connectivity index (χ4v) is 2.49. The van der Waals surface area contributed by atoms with Gasteiger partial charge in [-0.25, -0.2) is 0 Å². The second-order valence-corrected chi connectivity index (χ2v) is 5.69. The number of anilines is 1. The summed E-state index contributed by atoms with van der Waals surface area (Å²) in [4.78, 5) is 13.6. The highest BCUT2D eigenvalue weighted by atomic mass is 16.5. The lowest BCUT2D eigenvalue weighted by molar-refractivity contribution is -0.106. The Hall–Kier alpha value is -1.73. The zero-order chi connectivity index (χ0) is 15.5. The van der Waals surface area contributed by atoms with Crippen LogP contribution in [0.25, 0.3) is 0 Å². The standard InChI is InChI=1S/C14H22N4O3/c1-14(2)9-18(7-10(21-14)8-20-4)12-6-5-11(16-17-12)13(19)15-3/h5-6,10H,7-9H2,1-4H3,(H,15,19)/t10-/m0/s1. The number of amides is 1. The van der Waals surface area contributed by atoms with E-state index >= 15 is 0 Å². The molecule has 0 aromatic carbocycles. The highest BCUT2D eigenvalue weighted by molar-refractivity contribution is 5.91. The van der Waals surface area contributed by atoms with Crippen LogP contribution in [0, 0.1) is 0 Å². The van der Waals surface area contributed by atoms with Crippen molar-refractivity contribution in [3.8, 4) is 0 Å². The van der Waals surface area contributed by atoms with Crippen LogP contribution in [-0.4, -0.2) is 61.7 Å². The van der Waals surface area contributed by atoms with Crippen molar-refractivity contribution < 1.29 is 14.3 Å². The normalized spacial score (nSPS) is 21.1. The van der Waals surface area contributed by atoms with Crippen LogP contribution in [0.15, 0.2) is 12.1 Å². The predicted octanol–water partition coefficient (Wildman–Crippen LogP) is 0.466. The van der Waals surface area contributed by atoms with Gasteiger partial charge < -0.3 is 19.7 Å². The molecular weight excluding hydrogens is 272 g/mol. The third-order valence-electron chi connectivity index (χ3n) is 3.27. The van der Waals surface area contributed by atoms with Crippen LogP contribution in [0.2, 0.25) is 0 Å². The summed E-state index contributed by atoms with van der Waals surface area (Å²) in [5, 5.41) is 10.6. The molecule has 1 aliphatic heterocycles. The molecule has 0 radical (unpaired) electrons. The lowest BCUT2D eigenvalue weighted by Gasteiger charge is -2.43. The maximum Gasteiger partial charge on any atom is 0.271 e. The monoisotopic (exact) mass is 294 g/mol. The van der Waals surface area contributed by atoms with Crippen LogP contribution in [0.3, 0.4) is 0 Å². The lowest BCUT2D eigenvalue weighted by atomic mass is 10.1. The second-order valence-electron chi connectivity index (χ2n) is 5.69. The third kappa shape index (κ3) is 3.89. The number of carbonyl (C=O) groups excluding carboxylic acids is 1. The van der Waals surface area contributed by atoms with E-state index in [4.69, 9.17) is 9.47 Å². The Morgan fingerprint density at radius 3 is 2.86 bits per heavy atom. The van der Waals surface area contributed by atoms with E-state index in [0.717, 1.165) is 5.82 Å². The van der Waals surface area contributed by atoms with E-state index in [1.54, 1.807) is 20.2 Å². The number of hydrogen-bond acceptors (Lipinski definition) is 6. The summed E-state index contributed by atoms with van der Waals surface area (Å²) in [5.41, 5.74) is 0.0185. The number of ether oxygens (including phenoxy) is 2. The number of nitrogens with zero attached hydrogens (tertiary/aromatic N) is 3. The highest BCUT2D eigenvalue weighted by Gasteiger charge is 2.34. The molecule has 1 aliphatic rings. The minimum absolute atomic E-state index is 0.0147. The van der Waals surface area contributed by atoms with Crippen molar-refractivity contribution in [3.05, 3.63) is 17.8 Å². The van der Waals surface area contributed by atoms with Gasteiger partial charge in [0, 0.05) is 27.2 Å². The van der Waals surface area contributed by atoms with Gasteiger partial charge in [-0.15, -0.1) is 10.2 Å². The summed E-state index contributed by atoms with van der Waals surface area (Å²) in [6.45, 7) is 6.00. The Morgan fingerprint density at radius 2 is 2.29 bits per heavy atom. The van der Waals surface area contributed by atoms with Crippen LogP contribution < -0.4 is 10.2 Å². The summed E-state index contributed by atoms with van der Waals surface area (Å²) >= 11 is 0. The molecule has 1 amide bonds. The Balaban J connectivity index is 2.14. The molecular formula is C14H22N4O3. The number of methoxy groups -OCH3 is 1. The molecule has 1 N–H and O–H groups in total. The molecule has 1 saturated heterocycles. The van der Waals surface area contributed by atoms with Gasteiger partial charge in [0.1, 0.15) is 0 Å². The Kier molecular flexibility index (Phi) is 4.74. The van der Waals surface area contributed by atoms with E-state index < -0.39 is 0 Å². The van der Waals surface area contributed by atoms with Gasteiger partial charge in [0.2, 0.25) is 0 Å². The molecule has 0 unspecified atom stereocenters. The molecule has 0 saturated carbocycles. The first-order chi connectivity index (χ1) is 9.95. The molecule has 0 spiro atoms. The Morgan fingerprint density at radius 1 is 1.52 bits per heavy atom. The van der Waals surface area contributed by atoms with Crippen molar-refractivity contribution in [3.63, 3.8) is 0 Å². The maximum atomic E-state index is 11.5. The third-order valence-corrected chi connectivity index (χ3v) is 3.27. The molecule has 1 atom stereocenters. The number of aromatic nitrogens is 2. The molecule has 1 aromatic heterocycles. The Bertz CT molecular complexity index is 489. The van der Waals surface area contributed by atoms with Crippen LogP contribution in [0.5, 0.6) is 0 Å². The molecule has 0 bridgehead atoms. The van der Waals surface area contributed by atoms with Gasteiger partial charge >= 0.3 is 0 Å². The van der Waals surface area contributed by atoms with E-state index in [9.17, 15) is 4.79 Å². The van der Waals surface area contributed by atoms with Crippen LogP contribution in [0.1, 0.15) is 24.3 Å². The van der Waals surface area contributed by atoms with Gasteiger partial charge in [-0.1, -0.05) is 0 Å². The van der Waals surface area contributed by atoms with Crippen molar-refractivity contribution in [2.24, 2.45) is 0 Å². The fraction of sp³-hybridized carbons (Fsp3) is 0.643. The zero-order valence-corrected chi connectivity index (χ0v) is 12.9. The number of carbonyl (C=O) groups is 1. The van der Waals surface area contributed by atoms with E-state index in [1.807, 2.05) is 19.9 Å². The molecule has 2 heterocycles. The molecule has 7 heteroatoms. The number of morpholine rings is 1. The fourth-order valence-electron chi connectivity index (χ4n) is 2.49. The molecule has 2 rings (SSSR count). The second kappa shape index (κ2) is 6.36. The average Bonchev–Trinajstić information content (AvgIpc) is 2.45. The predicted molar refractivity (Wildman–Crippen MR) is 78.5 cm³/mol. The van der Waals surface area contributed by atoms with Gasteiger partial charge in [-0.2, -0.15) is 0 Å². The van der Waals surface area contributed by atoms with Crippen molar-refractivity contribution >= 4 is 11.7 Å². The van der Waals surface area contributed by atoms with Gasteiger partial charge in [0.25, 0.3) is 5.91 Å². The first kappa shape index (κ1) is 15.7. The van der Waals surface area contributed by atoms with Gasteiger partial charge in [-0.05, 0) is 26.0 Å². The topological polar surface area (TPSA) is 76.6 Å². The van der Waals surface area contributed by atoms with Crippen LogP contribution in [-0.2, 0) is 9.47 Å². The number of rotatable bonds is 4. The van der Waals surface area contributed by atoms with Gasteiger partial charge in [-0.3, -0.25) is 4.79 Å². The molecule has 0 aliphatic carbocycles. The van der Waals surface area contributed by atoms with Gasteiger partial charge in [0.15, 0.2) is 11.5 Å². The number of nitrogens with one attached hydrogen (secondary N) is 1. The Labute approximate surface area is 124 Å². The van der Waals surface area contributed by atoms with Gasteiger partial charge in [0.05, 0.1) is 18.3 Å². The van der Waals surface area contributed by atoms with Crippen molar-refractivity contribution in [1.82, 2.24) is 15.5 Å². The maximum absolute atomic E-state index is 11.5. The summed E-state index contributed by atoms with van der Waals surface area (Å²) < 4.78 is 11.1. The van der Waals surface area contributed by atoms with Crippen molar-refractivity contribution in [1.29, 1.82) is 0 Å². The molecule has 1 fully saturated rings. The SMILES string of the molecule is CNC(=O)c1ccc(N2C[C@@H](COC)OC(C)(C)C2)nn1. The summed E-state index contributed by atoms with van der Waals surface area (Å²) in [6.07, 6.45) is -0.0147. The summed E-state index contributed by atoms with van der Waals surface area (Å²) in [6, 6.07) is 3.48. The molecule has 7 nitrogen and oxygen atoms in total. The highest BCUT2D eigenvalue weighted by Crippen LogP contribution is 2.24. The average molecular weight is 294 g/mol. The van der Waals surface area contributed by atoms with E-state index in [2.05, 4.69) is 20.4 Å². The van der Waals surface area contributed by atoms with E-state index in [-0.39, 0.29) is 17.6 Å². The van der Waals surface area contributed by atoms with E-state index in [1.165, 1.54) is 0 Å². The minimum atomic E-state index is -0.289. The molecule has 21 heavy (non-hydrogen) atoms. The largest absolute Gasteiger partial charge is 0.382 e. The smallest absolute Gasteiger partial charge is 0.271 e. The molecule has 116 valence electrons.